The lowest BCUT2D eigenvalue weighted by Gasteiger charge is -2.04. The van der Waals surface area contributed by atoms with E-state index < -0.39 is 0 Å². The van der Waals surface area contributed by atoms with Crippen LogP contribution in [0.15, 0.2) is 47.6 Å². The van der Waals surface area contributed by atoms with Crippen LogP contribution in [0.1, 0.15) is 0 Å². The van der Waals surface area contributed by atoms with E-state index in [1.165, 1.54) is 0 Å². The van der Waals surface area contributed by atoms with Crippen LogP contribution in [-0.2, 0) is 0 Å². The van der Waals surface area contributed by atoms with Crippen molar-refractivity contribution in [2.24, 2.45) is 5.11 Å². The van der Waals surface area contributed by atoms with Crippen LogP contribution < -0.4 is 0 Å². The summed E-state index contributed by atoms with van der Waals surface area (Å²) in [4.78, 5) is 2.75. The van der Waals surface area contributed by atoms with Crippen LogP contribution in [0.2, 0.25) is 10.0 Å². The first-order valence-electron chi connectivity index (χ1n) is 4.81. The number of benzene rings is 2. The Kier molecular flexibility index (Phi) is 3.55. The Morgan fingerprint density at radius 3 is 2.41 bits per heavy atom. The third-order valence-corrected chi connectivity index (χ3v) is 3.00. The van der Waals surface area contributed by atoms with Crippen LogP contribution in [0.3, 0.4) is 0 Å². The van der Waals surface area contributed by atoms with Gasteiger partial charge >= 0.3 is 0 Å². The van der Waals surface area contributed by atoms with E-state index in [-0.39, 0.29) is 0 Å². The second-order valence-electron chi connectivity index (χ2n) is 3.37. The zero-order valence-electron chi connectivity index (χ0n) is 8.64. The van der Waals surface area contributed by atoms with E-state index >= 15 is 0 Å². The Morgan fingerprint density at radius 1 is 0.941 bits per heavy atom. The van der Waals surface area contributed by atoms with Crippen molar-refractivity contribution in [3.63, 3.8) is 0 Å². The molecule has 0 radical (unpaired) electrons. The van der Waals surface area contributed by atoms with Gasteiger partial charge in [0.05, 0.1) is 10.0 Å². The molecule has 84 valence electrons. The molecule has 0 fully saturated rings. The Morgan fingerprint density at radius 2 is 1.71 bits per heavy atom. The summed E-state index contributed by atoms with van der Waals surface area (Å²) in [6.07, 6.45) is 0. The van der Waals surface area contributed by atoms with Crippen molar-refractivity contribution in [3.05, 3.63) is 63.0 Å². The third kappa shape index (κ3) is 2.71. The van der Waals surface area contributed by atoms with Crippen molar-refractivity contribution in [2.45, 2.75) is 0 Å². The Bertz CT molecular complexity index is 604. The molecule has 0 unspecified atom stereocenters. The van der Waals surface area contributed by atoms with Gasteiger partial charge in [0.2, 0.25) is 0 Å². The highest BCUT2D eigenvalue weighted by atomic mass is 35.5. The highest BCUT2D eigenvalue weighted by Gasteiger charge is 2.02. The predicted octanol–water partition coefficient (Wildman–Crippen LogP) is 5.60. The summed E-state index contributed by atoms with van der Waals surface area (Å²) in [6.45, 7) is 0. The maximum Gasteiger partial charge on any atom is 0.0598 e. The monoisotopic (exact) mass is 263 g/mol. The molecule has 0 bridgehead atoms. The Hall–Kier alpha value is -1.67. The first-order valence-corrected chi connectivity index (χ1v) is 5.57. The summed E-state index contributed by atoms with van der Waals surface area (Å²) in [7, 11) is 0. The molecule has 0 N–H and O–H groups in total. The fourth-order valence-electron chi connectivity index (χ4n) is 1.48. The van der Waals surface area contributed by atoms with Crippen molar-refractivity contribution < 1.29 is 0 Å². The molecular weight excluding hydrogens is 257 g/mol. The molecule has 0 aliphatic carbocycles. The van der Waals surface area contributed by atoms with E-state index in [1.54, 1.807) is 24.3 Å². The van der Waals surface area contributed by atoms with Gasteiger partial charge in [-0.05, 0) is 34.9 Å². The first kappa shape index (κ1) is 11.8. The number of nitrogens with zero attached hydrogens (tertiary/aromatic N) is 3. The van der Waals surface area contributed by atoms with Crippen LogP contribution in [0.25, 0.3) is 21.6 Å². The molecule has 0 aliphatic heterocycles. The zero-order chi connectivity index (χ0) is 12.3. The van der Waals surface area contributed by atoms with E-state index in [0.717, 1.165) is 11.1 Å². The molecule has 0 amide bonds. The van der Waals surface area contributed by atoms with Crippen molar-refractivity contribution in [1.82, 2.24) is 0 Å². The van der Waals surface area contributed by atoms with Gasteiger partial charge in [-0.3, -0.25) is 0 Å². The fourth-order valence-corrected chi connectivity index (χ4v) is 1.77. The van der Waals surface area contributed by atoms with Gasteiger partial charge in [-0.1, -0.05) is 52.6 Å². The number of hydrogen-bond donors (Lipinski definition) is 0. The Balaban J connectivity index is 2.48. The van der Waals surface area contributed by atoms with Crippen molar-refractivity contribution >= 4 is 28.9 Å². The molecule has 5 heteroatoms. The highest BCUT2D eigenvalue weighted by molar-refractivity contribution is 6.42. The minimum Gasteiger partial charge on any atom is -0.0827 e. The standard InChI is InChI=1S/C12H7Cl2N3/c13-11-5-4-9(7-12(11)14)8-2-1-3-10(6-8)16-17-15/h1-7H. The van der Waals surface area contributed by atoms with Crippen molar-refractivity contribution in [2.75, 3.05) is 0 Å². The van der Waals surface area contributed by atoms with Gasteiger partial charge in [0.15, 0.2) is 0 Å². The molecular formula is C12H7Cl2N3. The lowest BCUT2D eigenvalue weighted by atomic mass is 10.1. The molecule has 0 aromatic heterocycles. The van der Waals surface area contributed by atoms with Gasteiger partial charge in [-0.2, -0.15) is 0 Å². The molecule has 0 saturated carbocycles. The van der Waals surface area contributed by atoms with E-state index in [2.05, 4.69) is 10.0 Å². The SMILES string of the molecule is [N-]=[N+]=Nc1cccc(-c2ccc(Cl)c(Cl)c2)c1. The summed E-state index contributed by atoms with van der Waals surface area (Å²) < 4.78 is 0. The van der Waals surface area contributed by atoms with Crippen LogP contribution in [0.5, 0.6) is 0 Å². The van der Waals surface area contributed by atoms with Gasteiger partial charge in [0, 0.05) is 10.6 Å². The summed E-state index contributed by atoms with van der Waals surface area (Å²) >= 11 is 11.8. The lowest BCUT2D eigenvalue weighted by Crippen LogP contribution is -1.78. The molecule has 0 spiro atoms. The third-order valence-electron chi connectivity index (χ3n) is 2.26. The molecule has 3 nitrogen and oxygen atoms in total. The predicted molar refractivity (Wildman–Crippen MR) is 70.7 cm³/mol. The fraction of sp³-hybridized carbons (Fsp3) is 0. The van der Waals surface area contributed by atoms with Crippen LogP contribution in [0.4, 0.5) is 5.69 Å². The highest BCUT2D eigenvalue weighted by Crippen LogP contribution is 2.30. The molecule has 2 aromatic carbocycles. The summed E-state index contributed by atoms with van der Waals surface area (Å²) in [5.74, 6) is 0. The average molecular weight is 264 g/mol. The summed E-state index contributed by atoms with van der Waals surface area (Å²) in [5.41, 5.74) is 10.8. The van der Waals surface area contributed by atoms with Crippen LogP contribution in [0, 0.1) is 0 Å². The second-order valence-corrected chi connectivity index (χ2v) is 4.18. The topological polar surface area (TPSA) is 48.8 Å². The number of hydrogen-bond acceptors (Lipinski definition) is 1. The van der Waals surface area contributed by atoms with Gasteiger partial charge in [0.1, 0.15) is 0 Å². The Labute approximate surface area is 108 Å². The van der Waals surface area contributed by atoms with Crippen molar-refractivity contribution in [3.8, 4) is 11.1 Å². The van der Waals surface area contributed by atoms with E-state index in [0.29, 0.717) is 15.7 Å². The lowest BCUT2D eigenvalue weighted by molar-refractivity contribution is 1.47. The minimum atomic E-state index is 0.498. The zero-order valence-corrected chi connectivity index (χ0v) is 10.2. The maximum absolute atomic E-state index is 8.38. The van der Waals surface area contributed by atoms with Crippen molar-refractivity contribution in [1.29, 1.82) is 0 Å². The second kappa shape index (κ2) is 5.11. The summed E-state index contributed by atoms with van der Waals surface area (Å²) in [5, 5.41) is 4.57. The number of rotatable bonds is 2. The normalized spacial score (nSPS) is 9.76. The molecule has 0 heterocycles. The molecule has 2 aromatic rings. The van der Waals surface area contributed by atoms with Crippen LogP contribution >= 0.6 is 23.2 Å². The quantitative estimate of drug-likeness (QED) is 0.385. The molecule has 2 rings (SSSR count). The molecule has 17 heavy (non-hydrogen) atoms. The summed E-state index contributed by atoms with van der Waals surface area (Å²) in [6, 6.07) is 12.6. The largest absolute Gasteiger partial charge is 0.0827 e. The first-order chi connectivity index (χ1) is 8.20. The van der Waals surface area contributed by atoms with E-state index in [1.807, 2.05) is 18.2 Å². The van der Waals surface area contributed by atoms with E-state index in [9.17, 15) is 0 Å². The average Bonchev–Trinajstić information content (AvgIpc) is 2.33. The number of halogens is 2. The van der Waals surface area contributed by atoms with Crippen LogP contribution in [-0.4, -0.2) is 0 Å². The van der Waals surface area contributed by atoms with Gasteiger partial charge in [0.25, 0.3) is 0 Å². The van der Waals surface area contributed by atoms with Gasteiger partial charge < -0.3 is 0 Å². The smallest absolute Gasteiger partial charge is 0.0598 e. The molecule has 0 aliphatic rings. The number of azide groups is 1. The van der Waals surface area contributed by atoms with Gasteiger partial charge in [-0.15, -0.1) is 0 Å². The molecule has 0 saturated heterocycles. The minimum absolute atomic E-state index is 0.498. The molecule has 0 atom stereocenters. The maximum atomic E-state index is 8.38. The van der Waals surface area contributed by atoms with Gasteiger partial charge in [-0.25, -0.2) is 0 Å². The van der Waals surface area contributed by atoms with E-state index in [4.69, 9.17) is 28.7 Å².